The van der Waals surface area contributed by atoms with Crippen molar-refractivity contribution in [1.82, 2.24) is 15.5 Å². The Morgan fingerprint density at radius 3 is 3.05 bits per heavy atom. The fraction of sp³-hybridized carbons (Fsp3) is 0.308. The number of carbonyl (C=O) groups excluding carboxylic acids is 1. The van der Waals surface area contributed by atoms with E-state index in [1.165, 1.54) is 0 Å². The summed E-state index contributed by atoms with van der Waals surface area (Å²) in [7, 11) is 0. The summed E-state index contributed by atoms with van der Waals surface area (Å²) in [6.07, 6.45) is 0. The van der Waals surface area contributed by atoms with E-state index in [-0.39, 0.29) is 24.4 Å². The number of aromatic nitrogens is 2. The van der Waals surface area contributed by atoms with Crippen LogP contribution in [0.5, 0.6) is 0 Å². The van der Waals surface area contributed by atoms with Gasteiger partial charge in [0.1, 0.15) is 0 Å². The number of nitrogens with one attached hydrogen (secondary N) is 2. The molecule has 2 heterocycles. The van der Waals surface area contributed by atoms with Crippen molar-refractivity contribution in [3.8, 4) is 11.4 Å². The lowest BCUT2D eigenvalue weighted by Crippen LogP contribution is -2.37. The van der Waals surface area contributed by atoms with Crippen molar-refractivity contribution in [3.63, 3.8) is 0 Å². The smallest absolute Gasteiger partial charge is 0.242 e. The summed E-state index contributed by atoms with van der Waals surface area (Å²) in [5, 5.41) is 9.91. The topological polar surface area (TPSA) is 80.0 Å². The lowest BCUT2D eigenvalue weighted by atomic mass is 10.2. The predicted molar refractivity (Wildman–Crippen MR) is 84.6 cm³/mol. The van der Waals surface area contributed by atoms with Crippen LogP contribution in [0.2, 0.25) is 0 Å². The van der Waals surface area contributed by atoms with Crippen molar-refractivity contribution in [2.45, 2.75) is 13.0 Å². The Labute approximate surface area is 132 Å². The van der Waals surface area contributed by atoms with Crippen molar-refractivity contribution in [3.05, 3.63) is 30.2 Å². The average molecular weight is 327 g/mol. The fourth-order valence-corrected chi connectivity index (χ4v) is 2.89. The minimum Gasteiger partial charge on any atom is -0.339 e. The Morgan fingerprint density at radius 1 is 1.52 bits per heavy atom. The first-order chi connectivity index (χ1) is 9.72. The van der Waals surface area contributed by atoms with Gasteiger partial charge in [0.25, 0.3) is 0 Å². The molecule has 6 nitrogen and oxygen atoms in total. The van der Waals surface area contributed by atoms with Crippen LogP contribution in [0, 0.1) is 6.92 Å². The van der Waals surface area contributed by atoms with E-state index in [4.69, 9.17) is 4.52 Å². The molecule has 21 heavy (non-hydrogen) atoms. The molecule has 2 aromatic rings. The van der Waals surface area contributed by atoms with Crippen LogP contribution in [0.1, 0.15) is 5.89 Å². The molecule has 0 spiro atoms. The van der Waals surface area contributed by atoms with Crippen molar-refractivity contribution >= 4 is 35.8 Å². The summed E-state index contributed by atoms with van der Waals surface area (Å²) < 4.78 is 4.96. The SMILES string of the molecule is Cc1nc(-c2cccc(NC(=O)C3CSCN3)c2)no1.Cl. The number of nitrogens with zero attached hydrogens (tertiary/aromatic N) is 2. The summed E-state index contributed by atoms with van der Waals surface area (Å²) in [6.45, 7) is 1.74. The van der Waals surface area contributed by atoms with Crippen LogP contribution in [0.3, 0.4) is 0 Å². The van der Waals surface area contributed by atoms with Gasteiger partial charge in [-0.2, -0.15) is 4.98 Å². The number of anilines is 1. The zero-order valence-electron chi connectivity index (χ0n) is 11.3. The van der Waals surface area contributed by atoms with Gasteiger partial charge in [-0.3, -0.25) is 10.1 Å². The summed E-state index contributed by atoms with van der Waals surface area (Å²) >= 11 is 1.72. The highest BCUT2D eigenvalue weighted by Gasteiger charge is 2.22. The zero-order chi connectivity index (χ0) is 13.9. The molecule has 1 amide bonds. The number of thioether (sulfide) groups is 1. The Balaban J connectivity index is 0.00000161. The minimum absolute atomic E-state index is 0. The lowest BCUT2D eigenvalue weighted by molar-refractivity contribution is -0.117. The van der Waals surface area contributed by atoms with E-state index in [2.05, 4.69) is 20.8 Å². The summed E-state index contributed by atoms with van der Waals surface area (Å²) in [5.74, 6) is 2.64. The van der Waals surface area contributed by atoms with E-state index >= 15 is 0 Å². The second kappa shape index (κ2) is 6.93. The standard InChI is InChI=1S/C13H14N4O2S.ClH/c1-8-15-12(17-19-8)9-3-2-4-10(5-9)16-13(18)11-6-20-7-14-11;/h2-5,11,14H,6-7H2,1H3,(H,16,18);1H. The first-order valence-corrected chi connectivity index (χ1v) is 7.40. The Morgan fingerprint density at radius 2 is 2.38 bits per heavy atom. The molecule has 1 aliphatic heterocycles. The van der Waals surface area contributed by atoms with Crippen LogP contribution >= 0.6 is 24.2 Å². The van der Waals surface area contributed by atoms with Crippen molar-refractivity contribution in [2.24, 2.45) is 0 Å². The fourth-order valence-electron chi connectivity index (χ4n) is 1.95. The number of hydrogen-bond acceptors (Lipinski definition) is 6. The van der Waals surface area contributed by atoms with Crippen LogP contribution < -0.4 is 10.6 Å². The number of rotatable bonds is 3. The van der Waals surface area contributed by atoms with E-state index in [1.807, 2.05) is 24.3 Å². The normalized spacial score (nSPS) is 17.3. The van der Waals surface area contributed by atoms with Gasteiger partial charge in [0, 0.05) is 29.8 Å². The molecule has 1 aromatic carbocycles. The number of amides is 1. The number of benzene rings is 1. The largest absolute Gasteiger partial charge is 0.339 e. The molecular weight excluding hydrogens is 312 g/mol. The molecule has 1 aromatic heterocycles. The highest BCUT2D eigenvalue weighted by molar-refractivity contribution is 7.99. The summed E-state index contributed by atoms with van der Waals surface area (Å²) in [4.78, 5) is 16.2. The molecule has 2 N–H and O–H groups in total. The van der Waals surface area contributed by atoms with E-state index < -0.39 is 0 Å². The van der Waals surface area contributed by atoms with Gasteiger partial charge in [-0.05, 0) is 12.1 Å². The first-order valence-electron chi connectivity index (χ1n) is 6.25. The van der Waals surface area contributed by atoms with Crippen molar-refractivity contribution in [1.29, 1.82) is 0 Å². The molecule has 0 radical (unpaired) electrons. The molecular formula is C13H15ClN4O2S. The second-order valence-electron chi connectivity index (χ2n) is 4.48. The Kier molecular flexibility index (Phi) is 5.22. The monoisotopic (exact) mass is 326 g/mol. The van der Waals surface area contributed by atoms with Crippen LogP contribution in [0.25, 0.3) is 11.4 Å². The zero-order valence-corrected chi connectivity index (χ0v) is 13.0. The van der Waals surface area contributed by atoms with Crippen LogP contribution in [0.4, 0.5) is 5.69 Å². The van der Waals surface area contributed by atoms with Crippen LogP contribution in [0.15, 0.2) is 28.8 Å². The van der Waals surface area contributed by atoms with Gasteiger partial charge in [0.05, 0.1) is 6.04 Å². The molecule has 0 aliphatic carbocycles. The third-order valence-electron chi connectivity index (χ3n) is 2.95. The Bertz CT molecular complexity index is 628. The van der Waals surface area contributed by atoms with Gasteiger partial charge in [-0.25, -0.2) is 0 Å². The maximum atomic E-state index is 12.0. The van der Waals surface area contributed by atoms with Crippen LogP contribution in [-0.4, -0.2) is 33.7 Å². The number of hydrogen-bond donors (Lipinski definition) is 2. The Hall–Kier alpha value is -1.57. The van der Waals surface area contributed by atoms with Crippen molar-refractivity contribution in [2.75, 3.05) is 16.9 Å². The molecule has 1 saturated heterocycles. The summed E-state index contributed by atoms with van der Waals surface area (Å²) in [6, 6.07) is 7.29. The average Bonchev–Trinajstić information content (AvgIpc) is 3.10. The molecule has 8 heteroatoms. The van der Waals surface area contributed by atoms with Gasteiger partial charge in [0.15, 0.2) is 0 Å². The lowest BCUT2D eigenvalue weighted by Gasteiger charge is -2.10. The maximum Gasteiger partial charge on any atom is 0.242 e. The minimum atomic E-state index is -0.129. The quantitative estimate of drug-likeness (QED) is 0.898. The van der Waals surface area contributed by atoms with Crippen molar-refractivity contribution < 1.29 is 9.32 Å². The second-order valence-corrected chi connectivity index (χ2v) is 5.51. The van der Waals surface area contributed by atoms with Gasteiger partial charge >= 0.3 is 0 Å². The molecule has 3 rings (SSSR count). The van der Waals surface area contributed by atoms with Gasteiger partial charge < -0.3 is 9.84 Å². The molecule has 1 aliphatic rings. The molecule has 112 valence electrons. The van der Waals surface area contributed by atoms with Gasteiger partial charge in [-0.1, -0.05) is 17.3 Å². The van der Waals surface area contributed by atoms with E-state index in [9.17, 15) is 4.79 Å². The van der Waals surface area contributed by atoms with Crippen LogP contribution in [-0.2, 0) is 4.79 Å². The highest BCUT2D eigenvalue weighted by Crippen LogP contribution is 2.20. The van der Waals surface area contributed by atoms with E-state index in [1.54, 1.807) is 18.7 Å². The van der Waals surface area contributed by atoms with Gasteiger partial charge in [0.2, 0.25) is 17.6 Å². The van der Waals surface area contributed by atoms with Gasteiger partial charge in [-0.15, -0.1) is 24.2 Å². The third kappa shape index (κ3) is 3.75. The summed E-state index contributed by atoms with van der Waals surface area (Å²) in [5.41, 5.74) is 1.54. The number of aryl methyl sites for hydroxylation is 1. The molecule has 1 fully saturated rings. The number of halogens is 1. The van der Waals surface area contributed by atoms with E-state index in [0.29, 0.717) is 11.7 Å². The predicted octanol–water partition coefficient (Wildman–Crippen LogP) is 2.07. The molecule has 0 saturated carbocycles. The maximum absolute atomic E-state index is 12.0. The number of carbonyl (C=O) groups is 1. The molecule has 1 atom stereocenters. The third-order valence-corrected chi connectivity index (χ3v) is 3.89. The van der Waals surface area contributed by atoms with E-state index in [0.717, 1.165) is 22.9 Å². The molecule has 0 bridgehead atoms. The highest BCUT2D eigenvalue weighted by atomic mass is 35.5. The first kappa shape index (κ1) is 15.8. The molecule has 1 unspecified atom stereocenters.